The highest BCUT2D eigenvalue weighted by atomic mass is 16.5. The number of nitrogens with two attached hydrogens (primary N) is 1. The normalized spacial score (nSPS) is 10.1. The van der Waals surface area contributed by atoms with Gasteiger partial charge in [-0.1, -0.05) is 12.1 Å². The molecule has 0 saturated heterocycles. The second-order valence-corrected chi connectivity index (χ2v) is 4.57. The van der Waals surface area contributed by atoms with Crippen LogP contribution in [0.2, 0.25) is 0 Å². The molecule has 7 heteroatoms. The van der Waals surface area contributed by atoms with Crippen molar-refractivity contribution >= 4 is 17.5 Å². The van der Waals surface area contributed by atoms with Gasteiger partial charge >= 0.3 is 0 Å². The molecule has 22 heavy (non-hydrogen) atoms. The predicted octanol–water partition coefficient (Wildman–Crippen LogP) is 0.745. The fourth-order valence-electron chi connectivity index (χ4n) is 1.98. The number of carbonyl (C=O) groups excluding carboxylic acids is 2. The zero-order valence-corrected chi connectivity index (χ0v) is 12.1. The van der Waals surface area contributed by atoms with E-state index >= 15 is 0 Å². The molecular weight excluding hydrogens is 286 g/mol. The minimum atomic E-state index is -0.653. The van der Waals surface area contributed by atoms with Gasteiger partial charge in [-0.25, -0.2) is 0 Å². The smallest absolute Gasteiger partial charge is 0.272 e. The molecular formula is C15H15N3O4. The number of hydrogen-bond donors (Lipinski definition) is 2. The SMILES string of the molecule is COc1cn(C)c(C(=O)Nc2ccccc2C(N)=O)cc1=O. The van der Waals surface area contributed by atoms with Crippen LogP contribution in [-0.2, 0) is 7.05 Å². The minimum Gasteiger partial charge on any atom is -0.491 e. The van der Waals surface area contributed by atoms with Crippen molar-refractivity contribution in [1.29, 1.82) is 0 Å². The third kappa shape index (κ3) is 2.98. The molecule has 0 aliphatic rings. The van der Waals surface area contributed by atoms with Gasteiger partial charge in [-0.05, 0) is 12.1 Å². The van der Waals surface area contributed by atoms with Crippen LogP contribution in [0.3, 0.4) is 0 Å². The maximum absolute atomic E-state index is 12.3. The van der Waals surface area contributed by atoms with Crippen LogP contribution in [0, 0.1) is 0 Å². The lowest BCUT2D eigenvalue weighted by Crippen LogP contribution is -2.23. The maximum Gasteiger partial charge on any atom is 0.272 e. The third-order valence-electron chi connectivity index (χ3n) is 3.09. The fraction of sp³-hybridized carbons (Fsp3) is 0.133. The number of pyridine rings is 1. The lowest BCUT2D eigenvalue weighted by molar-refractivity contribution is 0.100. The Labute approximate surface area is 126 Å². The number of hydrogen-bond acceptors (Lipinski definition) is 4. The molecule has 3 N–H and O–H groups in total. The number of para-hydroxylation sites is 1. The second kappa shape index (κ2) is 6.13. The first kappa shape index (κ1) is 15.3. The van der Waals surface area contributed by atoms with Crippen molar-refractivity contribution in [3.63, 3.8) is 0 Å². The standard InChI is InChI=1S/C15H15N3O4/c1-18-8-13(22-2)12(19)7-11(18)15(21)17-10-6-4-3-5-9(10)14(16)20/h3-8H,1-2H3,(H2,16,20)(H,17,21). The lowest BCUT2D eigenvalue weighted by Gasteiger charge is -2.12. The molecule has 114 valence electrons. The number of amides is 2. The van der Waals surface area contributed by atoms with Crippen molar-refractivity contribution in [3.8, 4) is 5.75 Å². The zero-order valence-electron chi connectivity index (χ0n) is 12.1. The number of benzene rings is 1. The average Bonchev–Trinajstić information content (AvgIpc) is 2.49. The van der Waals surface area contributed by atoms with Crippen molar-refractivity contribution in [2.24, 2.45) is 12.8 Å². The fourth-order valence-corrected chi connectivity index (χ4v) is 1.98. The Morgan fingerprint density at radius 1 is 1.27 bits per heavy atom. The van der Waals surface area contributed by atoms with E-state index in [0.717, 1.165) is 0 Å². The largest absolute Gasteiger partial charge is 0.491 e. The lowest BCUT2D eigenvalue weighted by atomic mass is 10.1. The Morgan fingerprint density at radius 3 is 2.59 bits per heavy atom. The van der Waals surface area contributed by atoms with E-state index in [2.05, 4.69) is 5.32 Å². The number of ether oxygens (including phenoxy) is 1. The van der Waals surface area contributed by atoms with Gasteiger partial charge in [0.1, 0.15) is 5.69 Å². The van der Waals surface area contributed by atoms with Gasteiger partial charge in [0.15, 0.2) is 5.75 Å². The summed E-state index contributed by atoms with van der Waals surface area (Å²) in [7, 11) is 2.98. The van der Waals surface area contributed by atoms with Crippen molar-refractivity contribution < 1.29 is 14.3 Å². The van der Waals surface area contributed by atoms with Gasteiger partial charge in [0.2, 0.25) is 5.43 Å². The van der Waals surface area contributed by atoms with Crippen LogP contribution in [0.4, 0.5) is 5.69 Å². The number of methoxy groups -OCH3 is 1. The van der Waals surface area contributed by atoms with Crippen LogP contribution in [0.15, 0.2) is 41.3 Å². The van der Waals surface area contributed by atoms with Gasteiger partial charge < -0.3 is 20.4 Å². The molecule has 0 aliphatic carbocycles. The molecule has 1 aromatic carbocycles. The summed E-state index contributed by atoms with van der Waals surface area (Å²) in [6, 6.07) is 7.53. The monoisotopic (exact) mass is 301 g/mol. The van der Waals surface area contributed by atoms with Crippen LogP contribution in [0.5, 0.6) is 5.75 Å². The van der Waals surface area contributed by atoms with E-state index < -0.39 is 17.2 Å². The van der Waals surface area contributed by atoms with E-state index in [9.17, 15) is 14.4 Å². The molecule has 7 nitrogen and oxygen atoms in total. The highest BCUT2D eigenvalue weighted by molar-refractivity contribution is 6.07. The van der Waals surface area contributed by atoms with Gasteiger partial charge in [0.25, 0.3) is 11.8 Å². The van der Waals surface area contributed by atoms with Gasteiger partial charge in [-0.15, -0.1) is 0 Å². The third-order valence-corrected chi connectivity index (χ3v) is 3.09. The second-order valence-electron chi connectivity index (χ2n) is 4.57. The molecule has 2 aromatic rings. The molecule has 0 saturated carbocycles. The summed E-state index contributed by atoms with van der Waals surface area (Å²) < 4.78 is 6.36. The summed E-state index contributed by atoms with van der Waals surface area (Å²) in [5, 5.41) is 2.57. The Bertz CT molecular complexity index is 796. The number of nitrogens with zero attached hydrogens (tertiary/aromatic N) is 1. The first-order valence-electron chi connectivity index (χ1n) is 6.39. The van der Waals surface area contributed by atoms with Gasteiger partial charge in [-0.3, -0.25) is 14.4 Å². The summed E-state index contributed by atoms with van der Waals surface area (Å²) in [6.07, 6.45) is 1.41. The van der Waals surface area contributed by atoms with Gasteiger partial charge in [0.05, 0.1) is 24.6 Å². The maximum atomic E-state index is 12.3. The zero-order chi connectivity index (χ0) is 16.3. The van der Waals surface area contributed by atoms with Gasteiger partial charge in [-0.2, -0.15) is 0 Å². The summed E-state index contributed by atoms with van der Waals surface area (Å²) in [5.74, 6) is -1.05. The number of aromatic nitrogens is 1. The number of carbonyl (C=O) groups is 2. The molecule has 0 unspecified atom stereocenters. The van der Waals surface area contributed by atoms with E-state index in [1.807, 2.05) is 0 Å². The van der Waals surface area contributed by atoms with Crippen LogP contribution >= 0.6 is 0 Å². The van der Waals surface area contributed by atoms with Crippen molar-refractivity contribution in [1.82, 2.24) is 4.57 Å². The molecule has 2 rings (SSSR count). The van der Waals surface area contributed by atoms with Crippen LogP contribution < -0.4 is 21.2 Å². The first-order valence-corrected chi connectivity index (χ1v) is 6.39. The highest BCUT2D eigenvalue weighted by Crippen LogP contribution is 2.15. The summed E-state index contributed by atoms with van der Waals surface area (Å²) in [5.41, 5.74) is 5.45. The molecule has 0 radical (unpaired) electrons. The molecule has 1 aromatic heterocycles. The highest BCUT2D eigenvalue weighted by Gasteiger charge is 2.15. The number of nitrogens with one attached hydrogen (secondary N) is 1. The Morgan fingerprint density at radius 2 is 1.95 bits per heavy atom. The topological polar surface area (TPSA) is 103 Å². The number of primary amides is 1. The Kier molecular flexibility index (Phi) is 4.26. The first-order chi connectivity index (χ1) is 10.4. The summed E-state index contributed by atoms with van der Waals surface area (Å²) in [4.78, 5) is 35.4. The Balaban J connectivity index is 2.37. The predicted molar refractivity (Wildman–Crippen MR) is 81.1 cm³/mol. The molecule has 0 bridgehead atoms. The minimum absolute atomic E-state index is 0.130. The van der Waals surface area contributed by atoms with E-state index in [1.165, 1.54) is 30.0 Å². The number of rotatable bonds is 4. The van der Waals surface area contributed by atoms with Gasteiger partial charge in [0, 0.05) is 13.1 Å². The van der Waals surface area contributed by atoms with Crippen LogP contribution in [-0.4, -0.2) is 23.5 Å². The average molecular weight is 301 g/mol. The molecule has 1 heterocycles. The summed E-state index contributed by atoms with van der Waals surface area (Å²) >= 11 is 0. The molecule has 0 aliphatic heterocycles. The van der Waals surface area contributed by atoms with Crippen molar-refractivity contribution in [2.75, 3.05) is 12.4 Å². The number of anilines is 1. The van der Waals surface area contributed by atoms with Crippen LogP contribution in [0.25, 0.3) is 0 Å². The van der Waals surface area contributed by atoms with E-state index in [4.69, 9.17) is 10.5 Å². The summed E-state index contributed by atoms with van der Waals surface area (Å²) in [6.45, 7) is 0. The van der Waals surface area contributed by atoms with Crippen LogP contribution in [0.1, 0.15) is 20.8 Å². The van der Waals surface area contributed by atoms with E-state index in [0.29, 0.717) is 0 Å². The molecule has 0 spiro atoms. The molecule has 2 amide bonds. The van der Waals surface area contributed by atoms with E-state index in [-0.39, 0.29) is 22.7 Å². The molecule has 0 atom stereocenters. The Hall–Kier alpha value is -3.09. The van der Waals surface area contributed by atoms with Crippen molar-refractivity contribution in [3.05, 3.63) is 58.0 Å². The quantitative estimate of drug-likeness (QED) is 0.869. The van der Waals surface area contributed by atoms with Crippen molar-refractivity contribution in [2.45, 2.75) is 0 Å². The van der Waals surface area contributed by atoms with E-state index in [1.54, 1.807) is 25.2 Å². The number of aryl methyl sites for hydroxylation is 1. The molecule has 0 fully saturated rings.